The Hall–Kier alpha value is -2.29. The number of aryl methyl sites for hydroxylation is 1. The zero-order valence-electron chi connectivity index (χ0n) is 12.2. The molecule has 0 fully saturated rings. The van der Waals surface area contributed by atoms with Crippen molar-refractivity contribution in [3.8, 4) is 0 Å². The van der Waals surface area contributed by atoms with Gasteiger partial charge in [-0.05, 0) is 30.5 Å². The number of rotatable bonds is 4. The van der Waals surface area contributed by atoms with Crippen LogP contribution in [0, 0.1) is 6.92 Å². The summed E-state index contributed by atoms with van der Waals surface area (Å²) in [5.41, 5.74) is 4.82. The van der Waals surface area contributed by atoms with Gasteiger partial charge in [0.25, 0.3) is 0 Å². The molecule has 2 aromatic rings. The maximum absolute atomic E-state index is 12.2. The number of carbonyl (C=O) groups excluding carboxylic acids is 1. The summed E-state index contributed by atoms with van der Waals surface area (Å²) in [7, 11) is 0. The number of hydrogen-bond acceptors (Lipinski definition) is 2. The van der Waals surface area contributed by atoms with Crippen LogP contribution in [0.25, 0.3) is 0 Å². The third-order valence-electron chi connectivity index (χ3n) is 3.88. The fourth-order valence-electron chi connectivity index (χ4n) is 2.78. The van der Waals surface area contributed by atoms with Crippen molar-refractivity contribution >= 4 is 11.6 Å². The van der Waals surface area contributed by atoms with Gasteiger partial charge in [-0.3, -0.25) is 4.79 Å². The van der Waals surface area contributed by atoms with E-state index in [1.165, 1.54) is 16.7 Å². The molecule has 0 bridgehead atoms. The second-order valence-corrected chi connectivity index (χ2v) is 5.59. The predicted molar refractivity (Wildman–Crippen MR) is 85.4 cm³/mol. The molecule has 0 saturated heterocycles. The molecule has 0 aromatic heterocycles. The van der Waals surface area contributed by atoms with Crippen LogP contribution < -0.4 is 10.6 Å². The molecule has 3 heteroatoms. The molecule has 0 saturated carbocycles. The van der Waals surface area contributed by atoms with Crippen molar-refractivity contribution in [2.75, 3.05) is 11.9 Å². The molecule has 108 valence electrons. The van der Waals surface area contributed by atoms with Gasteiger partial charge < -0.3 is 10.6 Å². The minimum Gasteiger partial charge on any atom is -0.373 e. The quantitative estimate of drug-likeness (QED) is 0.904. The molecule has 3 nitrogen and oxygen atoms in total. The Balaban J connectivity index is 1.50. The van der Waals surface area contributed by atoms with Crippen LogP contribution in [-0.4, -0.2) is 18.5 Å². The van der Waals surface area contributed by atoms with Crippen molar-refractivity contribution in [1.82, 2.24) is 5.32 Å². The van der Waals surface area contributed by atoms with Crippen LogP contribution in [0.4, 0.5) is 5.69 Å². The number of hydrogen-bond donors (Lipinski definition) is 2. The lowest BCUT2D eigenvalue weighted by Crippen LogP contribution is -2.39. The summed E-state index contributed by atoms with van der Waals surface area (Å²) in [6.07, 6.45) is 1.64. The van der Waals surface area contributed by atoms with Crippen LogP contribution in [0.15, 0.2) is 48.5 Å². The number of nitrogens with one attached hydrogen (secondary N) is 2. The Morgan fingerprint density at radius 2 is 2.10 bits per heavy atom. The maximum atomic E-state index is 12.2. The highest BCUT2D eigenvalue weighted by atomic mass is 16.2. The number of para-hydroxylation sites is 1. The van der Waals surface area contributed by atoms with E-state index in [0.717, 1.165) is 18.5 Å². The zero-order chi connectivity index (χ0) is 14.7. The number of fused-ring (bicyclic) bond motifs is 1. The largest absolute Gasteiger partial charge is 0.373 e. The molecular formula is C18H20N2O. The second-order valence-electron chi connectivity index (χ2n) is 5.59. The van der Waals surface area contributed by atoms with Crippen LogP contribution >= 0.6 is 0 Å². The lowest BCUT2D eigenvalue weighted by atomic mass is 10.1. The molecule has 1 heterocycles. The average molecular weight is 280 g/mol. The molecule has 1 atom stereocenters. The third kappa shape index (κ3) is 3.24. The Morgan fingerprint density at radius 1 is 1.24 bits per heavy atom. The van der Waals surface area contributed by atoms with E-state index in [9.17, 15) is 4.79 Å². The van der Waals surface area contributed by atoms with Crippen molar-refractivity contribution in [2.45, 2.75) is 25.8 Å². The standard InChI is InChI=1S/C18H20N2O/c1-13-5-4-6-14(11-13)9-10-19-18(21)17-12-15-7-2-3-8-16(15)20-17/h2-8,11,17,20H,9-10,12H2,1H3,(H,19,21). The van der Waals surface area contributed by atoms with Crippen LogP contribution in [0.2, 0.25) is 0 Å². The first-order valence-corrected chi connectivity index (χ1v) is 7.40. The first-order valence-electron chi connectivity index (χ1n) is 7.40. The van der Waals surface area contributed by atoms with Gasteiger partial charge in [0.05, 0.1) is 0 Å². The Bertz CT molecular complexity index is 626. The molecule has 0 spiro atoms. The van der Waals surface area contributed by atoms with Gasteiger partial charge >= 0.3 is 0 Å². The van der Waals surface area contributed by atoms with E-state index < -0.39 is 0 Å². The van der Waals surface area contributed by atoms with Crippen molar-refractivity contribution in [1.29, 1.82) is 0 Å². The highest BCUT2D eigenvalue weighted by Crippen LogP contribution is 2.24. The number of carbonyl (C=O) groups is 1. The number of benzene rings is 2. The molecule has 2 N–H and O–H groups in total. The molecule has 2 aromatic carbocycles. The SMILES string of the molecule is Cc1cccc(CCNC(=O)C2Cc3ccccc3N2)c1. The van der Waals surface area contributed by atoms with E-state index in [4.69, 9.17) is 0 Å². The van der Waals surface area contributed by atoms with Crippen LogP contribution in [0.3, 0.4) is 0 Å². The van der Waals surface area contributed by atoms with Gasteiger partial charge in [0, 0.05) is 18.7 Å². The molecule has 1 aliphatic heterocycles. The molecular weight excluding hydrogens is 260 g/mol. The Labute approximate surface area is 125 Å². The minimum absolute atomic E-state index is 0.0823. The van der Waals surface area contributed by atoms with E-state index in [2.05, 4.69) is 47.9 Å². The highest BCUT2D eigenvalue weighted by molar-refractivity contribution is 5.87. The minimum atomic E-state index is -0.139. The molecule has 21 heavy (non-hydrogen) atoms. The van der Waals surface area contributed by atoms with E-state index in [0.29, 0.717) is 6.54 Å². The second kappa shape index (κ2) is 6.00. The van der Waals surface area contributed by atoms with Gasteiger partial charge in [-0.25, -0.2) is 0 Å². The van der Waals surface area contributed by atoms with Gasteiger partial charge in [-0.2, -0.15) is 0 Å². The van der Waals surface area contributed by atoms with Crippen molar-refractivity contribution < 1.29 is 4.79 Å². The van der Waals surface area contributed by atoms with E-state index in [-0.39, 0.29) is 11.9 Å². The summed E-state index contributed by atoms with van der Waals surface area (Å²) in [5, 5.41) is 6.31. The summed E-state index contributed by atoms with van der Waals surface area (Å²) >= 11 is 0. The fourth-order valence-corrected chi connectivity index (χ4v) is 2.78. The summed E-state index contributed by atoms with van der Waals surface area (Å²) < 4.78 is 0. The molecule has 3 rings (SSSR count). The first kappa shape index (κ1) is 13.7. The van der Waals surface area contributed by atoms with Gasteiger partial charge in [-0.15, -0.1) is 0 Å². The molecule has 0 aliphatic carbocycles. The van der Waals surface area contributed by atoms with Gasteiger partial charge in [0.2, 0.25) is 5.91 Å². The van der Waals surface area contributed by atoms with Crippen molar-refractivity contribution in [3.05, 3.63) is 65.2 Å². The molecule has 0 radical (unpaired) electrons. The van der Waals surface area contributed by atoms with E-state index in [1.807, 2.05) is 18.2 Å². The molecule has 1 unspecified atom stereocenters. The van der Waals surface area contributed by atoms with Gasteiger partial charge in [0.15, 0.2) is 0 Å². The Kier molecular flexibility index (Phi) is 3.91. The normalized spacial score (nSPS) is 16.1. The molecule has 1 aliphatic rings. The average Bonchev–Trinajstić information content (AvgIpc) is 2.91. The van der Waals surface area contributed by atoms with Gasteiger partial charge in [0.1, 0.15) is 6.04 Å². The Morgan fingerprint density at radius 3 is 2.90 bits per heavy atom. The summed E-state index contributed by atoms with van der Waals surface area (Å²) in [5.74, 6) is 0.0823. The van der Waals surface area contributed by atoms with Crippen molar-refractivity contribution in [2.24, 2.45) is 0 Å². The zero-order valence-corrected chi connectivity index (χ0v) is 12.2. The first-order chi connectivity index (χ1) is 10.2. The molecule has 1 amide bonds. The summed E-state index contributed by atoms with van der Waals surface area (Å²) in [4.78, 5) is 12.2. The van der Waals surface area contributed by atoms with Gasteiger partial charge in [-0.1, -0.05) is 48.0 Å². The fraction of sp³-hybridized carbons (Fsp3) is 0.278. The summed E-state index contributed by atoms with van der Waals surface area (Å²) in [6.45, 7) is 2.76. The lowest BCUT2D eigenvalue weighted by Gasteiger charge is -2.12. The van der Waals surface area contributed by atoms with Crippen LogP contribution in [-0.2, 0) is 17.6 Å². The maximum Gasteiger partial charge on any atom is 0.242 e. The monoisotopic (exact) mass is 280 g/mol. The van der Waals surface area contributed by atoms with Crippen molar-refractivity contribution in [3.63, 3.8) is 0 Å². The summed E-state index contributed by atoms with van der Waals surface area (Å²) in [6, 6.07) is 16.4. The predicted octanol–water partition coefficient (Wildman–Crippen LogP) is 2.69. The topological polar surface area (TPSA) is 41.1 Å². The lowest BCUT2D eigenvalue weighted by molar-refractivity contribution is -0.121. The third-order valence-corrected chi connectivity index (χ3v) is 3.88. The smallest absolute Gasteiger partial charge is 0.242 e. The number of anilines is 1. The highest BCUT2D eigenvalue weighted by Gasteiger charge is 2.25. The van der Waals surface area contributed by atoms with Crippen LogP contribution in [0.5, 0.6) is 0 Å². The van der Waals surface area contributed by atoms with E-state index in [1.54, 1.807) is 0 Å². The van der Waals surface area contributed by atoms with E-state index >= 15 is 0 Å². The number of amides is 1. The van der Waals surface area contributed by atoms with Crippen LogP contribution in [0.1, 0.15) is 16.7 Å².